The Labute approximate surface area is 115 Å². The minimum absolute atomic E-state index is 0.0593. The Kier molecular flexibility index (Phi) is 4.29. The molecule has 0 bridgehead atoms. The molecule has 2 nitrogen and oxygen atoms in total. The molecule has 20 heavy (non-hydrogen) atoms. The van der Waals surface area contributed by atoms with Crippen LogP contribution >= 0.6 is 0 Å². The highest BCUT2D eigenvalue weighted by Gasteiger charge is 2.39. The van der Waals surface area contributed by atoms with Crippen LogP contribution in [-0.4, -0.2) is 6.18 Å². The van der Waals surface area contributed by atoms with Crippen molar-refractivity contribution in [1.29, 1.82) is 0 Å². The zero-order chi connectivity index (χ0) is 14.6. The lowest BCUT2D eigenvalue weighted by Crippen LogP contribution is -2.28. The van der Waals surface area contributed by atoms with E-state index in [4.69, 9.17) is 10.5 Å². The Morgan fingerprint density at radius 2 is 1.55 bits per heavy atom. The standard InChI is InChI=1S/C15H14F3NO/c16-15(17,18)14(19)12-8-4-5-9-13(12)20-10-11-6-2-1-3-7-11/h1-9,14H,10,19H2/t14-/m1/s1. The average molecular weight is 281 g/mol. The highest BCUT2D eigenvalue weighted by Crippen LogP contribution is 2.35. The lowest BCUT2D eigenvalue weighted by atomic mass is 10.1. The molecule has 0 unspecified atom stereocenters. The van der Waals surface area contributed by atoms with Crippen molar-refractivity contribution in [2.45, 2.75) is 18.8 Å². The number of benzene rings is 2. The molecule has 1 atom stereocenters. The van der Waals surface area contributed by atoms with Gasteiger partial charge in [0.15, 0.2) is 0 Å². The maximum atomic E-state index is 12.7. The van der Waals surface area contributed by atoms with Gasteiger partial charge in [0.2, 0.25) is 0 Å². The van der Waals surface area contributed by atoms with Gasteiger partial charge in [-0.25, -0.2) is 0 Å². The van der Waals surface area contributed by atoms with Crippen LogP contribution in [0.5, 0.6) is 5.75 Å². The molecule has 0 fully saturated rings. The van der Waals surface area contributed by atoms with Crippen LogP contribution in [0.4, 0.5) is 13.2 Å². The molecule has 2 rings (SSSR count). The first kappa shape index (κ1) is 14.4. The van der Waals surface area contributed by atoms with Crippen molar-refractivity contribution >= 4 is 0 Å². The van der Waals surface area contributed by atoms with Crippen molar-refractivity contribution in [3.63, 3.8) is 0 Å². The third-order valence-electron chi connectivity index (χ3n) is 2.84. The van der Waals surface area contributed by atoms with Gasteiger partial charge < -0.3 is 10.5 Å². The second-order valence-electron chi connectivity index (χ2n) is 4.33. The van der Waals surface area contributed by atoms with E-state index in [1.54, 1.807) is 6.07 Å². The second-order valence-corrected chi connectivity index (χ2v) is 4.33. The highest BCUT2D eigenvalue weighted by molar-refractivity contribution is 5.36. The molecule has 0 aliphatic rings. The van der Waals surface area contributed by atoms with E-state index in [9.17, 15) is 13.2 Å². The van der Waals surface area contributed by atoms with Gasteiger partial charge in [0, 0.05) is 5.56 Å². The molecule has 0 spiro atoms. The van der Waals surface area contributed by atoms with Crippen molar-refractivity contribution in [1.82, 2.24) is 0 Å². The molecule has 2 aromatic carbocycles. The molecule has 0 aromatic heterocycles. The zero-order valence-corrected chi connectivity index (χ0v) is 10.6. The van der Waals surface area contributed by atoms with Crippen molar-refractivity contribution in [3.8, 4) is 5.75 Å². The van der Waals surface area contributed by atoms with Crippen LogP contribution in [0.3, 0.4) is 0 Å². The Morgan fingerprint density at radius 1 is 0.950 bits per heavy atom. The summed E-state index contributed by atoms with van der Waals surface area (Å²) in [6, 6.07) is 13.1. The van der Waals surface area contributed by atoms with E-state index >= 15 is 0 Å². The van der Waals surface area contributed by atoms with Gasteiger partial charge in [-0.05, 0) is 11.6 Å². The third-order valence-corrected chi connectivity index (χ3v) is 2.84. The fraction of sp³-hybridized carbons (Fsp3) is 0.200. The Balaban J connectivity index is 2.16. The minimum atomic E-state index is -4.49. The molecule has 0 aliphatic carbocycles. The number of para-hydroxylation sites is 1. The Morgan fingerprint density at radius 3 is 2.20 bits per heavy atom. The summed E-state index contributed by atoms with van der Waals surface area (Å²) in [5.74, 6) is 0.154. The van der Waals surface area contributed by atoms with Gasteiger partial charge in [-0.1, -0.05) is 48.5 Å². The van der Waals surface area contributed by atoms with Crippen molar-refractivity contribution in [2.24, 2.45) is 5.73 Å². The van der Waals surface area contributed by atoms with Gasteiger partial charge in [0.05, 0.1) is 0 Å². The number of hydrogen-bond acceptors (Lipinski definition) is 2. The van der Waals surface area contributed by atoms with Crippen LogP contribution in [0.15, 0.2) is 54.6 Å². The molecule has 0 amide bonds. The minimum Gasteiger partial charge on any atom is -0.489 e. The maximum absolute atomic E-state index is 12.7. The third kappa shape index (κ3) is 3.51. The molecule has 106 valence electrons. The van der Waals surface area contributed by atoms with Crippen molar-refractivity contribution in [3.05, 3.63) is 65.7 Å². The summed E-state index contributed by atoms with van der Waals surface area (Å²) in [7, 11) is 0. The van der Waals surface area contributed by atoms with E-state index in [2.05, 4.69) is 0 Å². The number of hydrogen-bond donors (Lipinski definition) is 1. The second kappa shape index (κ2) is 5.96. The molecule has 0 aliphatic heterocycles. The molecule has 0 saturated heterocycles. The first-order valence-electron chi connectivity index (χ1n) is 6.06. The molecule has 5 heteroatoms. The van der Waals surface area contributed by atoms with Crippen LogP contribution in [-0.2, 0) is 6.61 Å². The summed E-state index contributed by atoms with van der Waals surface area (Å²) >= 11 is 0. The predicted molar refractivity (Wildman–Crippen MR) is 70.2 cm³/mol. The largest absolute Gasteiger partial charge is 0.489 e. The van der Waals surface area contributed by atoms with E-state index in [-0.39, 0.29) is 17.9 Å². The first-order valence-corrected chi connectivity index (χ1v) is 6.06. The zero-order valence-electron chi connectivity index (χ0n) is 10.6. The quantitative estimate of drug-likeness (QED) is 0.924. The normalized spacial score (nSPS) is 13.0. The van der Waals surface area contributed by atoms with E-state index < -0.39 is 12.2 Å². The van der Waals surface area contributed by atoms with Gasteiger partial charge in [-0.3, -0.25) is 0 Å². The topological polar surface area (TPSA) is 35.2 Å². The molecular formula is C15H14F3NO. The van der Waals surface area contributed by atoms with Crippen LogP contribution in [0.2, 0.25) is 0 Å². The summed E-state index contributed by atoms with van der Waals surface area (Å²) in [6.07, 6.45) is -4.49. The molecule has 0 heterocycles. The summed E-state index contributed by atoms with van der Waals surface area (Å²) in [5.41, 5.74) is 6.06. The first-order chi connectivity index (χ1) is 9.48. The van der Waals surface area contributed by atoms with Gasteiger partial charge >= 0.3 is 6.18 Å². The van der Waals surface area contributed by atoms with E-state index in [0.29, 0.717) is 0 Å². The average Bonchev–Trinajstić information content (AvgIpc) is 2.45. The summed E-state index contributed by atoms with van der Waals surface area (Å²) in [4.78, 5) is 0. The van der Waals surface area contributed by atoms with Gasteiger partial charge in [0.25, 0.3) is 0 Å². The van der Waals surface area contributed by atoms with E-state index in [1.165, 1.54) is 18.2 Å². The molecule has 2 N–H and O–H groups in total. The van der Waals surface area contributed by atoms with Gasteiger partial charge in [0.1, 0.15) is 18.4 Å². The van der Waals surface area contributed by atoms with Crippen LogP contribution in [0, 0.1) is 0 Å². The number of halogens is 3. The molecule has 2 aromatic rings. The lowest BCUT2D eigenvalue weighted by Gasteiger charge is -2.19. The predicted octanol–water partition coefficient (Wildman–Crippen LogP) is 3.83. The number of ether oxygens (including phenoxy) is 1. The smallest absolute Gasteiger partial charge is 0.407 e. The lowest BCUT2D eigenvalue weighted by molar-refractivity contribution is -0.149. The highest BCUT2D eigenvalue weighted by atomic mass is 19.4. The fourth-order valence-electron chi connectivity index (χ4n) is 1.78. The number of alkyl halides is 3. The van der Waals surface area contributed by atoms with Crippen molar-refractivity contribution in [2.75, 3.05) is 0 Å². The Hall–Kier alpha value is -2.01. The van der Waals surface area contributed by atoms with Gasteiger partial charge in [-0.2, -0.15) is 13.2 Å². The number of rotatable bonds is 4. The van der Waals surface area contributed by atoms with Crippen LogP contribution < -0.4 is 10.5 Å². The van der Waals surface area contributed by atoms with E-state index in [0.717, 1.165) is 5.56 Å². The van der Waals surface area contributed by atoms with Crippen molar-refractivity contribution < 1.29 is 17.9 Å². The van der Waals surface area contributed by atoms with E-state index in [1.807, 2.05) is 30.3 Å². The Bertz CT molecular complexity index is 555. The maximum Gasteiger partial charge on any atom is 0.407 e. The summed E-state index contributed by atoms with van der Waals surface area (Å²) < 4.78 is 43.6. The fourth-order valence-corrected chi connectivity index (χ4v) is 1.78. The van der Waals surface area contributed by atoms with Crippen LogP contribution in [0.25, 0.3) is 0 Å². The molecule has 0 saturated carbocycles. The molecule has 0 radical (unpaired) electrons. The number of nitrogens with two attached hydrogens (primary N) is 1. The van der Waals surface area contributed by atoms with Crippen LogP contribution in [0.1, 0.15) is 17.2 Å². The monoisotopic (exact) mass is 281 g/mol. The molecular weight excluding hydrogens is 267 g/mol. The SMILES string of the molecule is N[C@H](c1ccccc1OCc1ccccc1)C(F)(F)F. The summed E-state index contributed by atoms with van der Waals surface area (Å²) in [6.45, 7) is 0.197. The summed E-state index contributed by atoms with van der Waals surface area (Å²) in [5, 5.41) is 0. The van der Waals surface area contributed by atoms with Gasteiger partial charge in [-0.15, -0.1) is 0 Å².